The third-order valence-electron chi connectivity index (χ3n) is 20.1. The van der Waals surface area contributed by atoms with E-state index >= 15 is 4.79 Å². The number of ketones is 1. The second-order valence-electron chi connectivity index (χ2n) is 29.6. The normalized spacial score (nSPS) is 18.7. The molecule has 106 heavy (non-hydrogen) atoms. The lowest BCUT2D eigenvalue weighted by molar-refractivity contribution is -0.148. The molecule has 12 amide bonds. The summed E-state index contributed by atoms with van der Waals surface area (Å²) in [4.78, 5) is 181. The number of ether oxygens (including phenoxy) is 4. The number of carbonyl (C=O) groups is 13. The van der Waals surface area contributed by atoms with Gasteiger partial charge in [-0.2, -0.15) is 0 Å². The molecule has 3 fully saturated rings. The Hall–Kier alpha value is -8.42. The number of hydrogen-bond donors (Lipinski definition) is 9. The number of carbonyl (C=O) groups excluding carboxylic acids is 12. The van der Waals surface area contributed by atoms with Crippen LogP contribution < -0.4 is 47.7 Å². The summed E-state index contributed by atoms with van der Waals surface area (Å²) < 4.78 is 23.2. The summed E-state index contributed by atoms with van der Waals surface area (Å²) in [5.41, 5.74) is 6.11. The lowest BCUT2D eigenvalue weighted by atomic mass is 9.89. The zero-order chi connectivity index (χ0) is 78.9. The summed E-state index contributed by atoms with van der Waals surface area (Å²) in [7, 11) is 9.59. The number of carboxylic acid groups (broad SMARTS) is 1. The number of aliphatic carboxylic acids is 1. The zero-order valence-corrected chi connectivity index (χ0v) is 65.2. The molecule has 10 N–H and O–H groups in total. The minimum atomic E-state index is -1.15. The van der Waals surface area contributed by atoms with E-state index < -0.39 is 119 Å². The quantitative estimate of drug-likeness (QED) is 0.0233. The summed E-state index contributed by atoms with van der Waals surface area (Å²) in [5.74, 6) is -6.11. The van der Waals surface area contributed by atoms with E-state index in [0.717, 1.165) is 12.8 Å². The third kappa shape index (κ3) is 26.2. The number of rotatable bonds is 45. The Balaban J connectivity index is 1.24. The Labute approximate surface area is 627 Å². The molecule has 2 heterocycles. The van der Waals surface area contributed by atoms with Crippen molar-refractivity contribution in [3.05, 3.63) is 59.7 Å². The number of primary amides is 1. The van der Waals surface area contributed by atoms with Crippen molar-refractivity contribution in [3.63, 3.8) is 0 Å². The molecule has 1 aliphatic carbocycles. The van der Waals surface area contributed by atoms with E-state index in [1.807, 2.05) is 46.4 Å². The molecule has 2 saturated heterocycles. The second kappa shape index (κ2) is 42.2. The number of unbranched alkanes of at least 4 members (excludes halogenated alkanes) is 2. The molecule has 30 nitrogen and oxygen atoms in total. The first kappa shape index (κ1) is 88.2. The number of nitrogens with one attached hydrogen (secondary N) is 7. The number of urea groups is 1. The number of Topliss-reactive ketones (excluding diaryl/α,β-unsaturated/α-hetero) is 1. The monoisotopic (exact) mass is 1500 g/mol. The van der Waals surface area contributed by atoms with Crippen molar-refractivity contribution in [2.24, 2.45) is 40.7 Å². The van der Waals surface area contributed by atoms with Crippen LogP contribution in [0.25, 0.3) is 0 Å². The van der Waals surface area contributed by atoms with Crippen molar-refractivity contribution in [2.75, 3.05) is 79.7 Å². The van der Waals surface area contributed by atoms with E-state index in [1.54, 1.807) is 95.3 Å². The minimum Gasteiger partial charge on any atom is -0.497 e. The van der Waals surface area contributed by atoms with Gasteiger partial charge in [-0.1, -0.05) is 99.4 Å². The number of nitrogens with zero attached hydrogens (tertiary/aromatic N) is 4. The molecule has 0 aromatic heterocycles. The first-order valence-electron chi connectivity index (χ1n) is 36.8. The van der Waals surface area contributed by atoms with Crippen LogP contribution in [-0.2, 0) is 68.8 Å². The Morgan fingerprint density at radius 1 is 0.774 bits per heavy atom. The van der Waals surface area contributed by atoms with Crippen molar-refractivity contribution >= 4 is 94.5 Å². The maximum absolute atomic E-state index is 15.1. The van der Waals surface area contributed by atoms with Crippen LogP contribution in [0.5, 0.6) is 5.75 Å². The molecule has 2 aromatic rings. The van der Waals surface area contributed by atoms with Gasteiger partial charge in [0.2, 0.25) is 53.2 Å². The lowest BCUT2D eigenvalue weighted by Crippen LogP contribution is -2.59. The number of likely N-dealkylation sites (N-methyl/N-ethyl adjacent to an activating group) is 2. The van der Waals surface area contributed by atoms with E-state index in [2.05, 4.69) is 37.2 Å². The highest BCUT2D eigenvalue weighted by Gasteiger charge is 2.49. The topological polar surface area (TPSA) is 402 Å². The minimum absolute atomic E-state index is 0.0385. The molecule has 0 bridgehead atoms. The first-order valence-corrected chi connectivity index (χ1v) is 37.8. The summed E-state index contributed by atoms with van der Waals surface area (Å²) in [6, 6.07) is 6.20. The Kier molecular flexibility index (Phi) is 35.1. The predicted octanol–water partition coefficient (Wildman–Crippen LogP) is 5.23. The van der Waals surface area contributed by atoms with Gasteiger partial charge in [-0.05, 0) is 118 Å². The average molecular weight is 1510 g/mol. The van der Waals surface area contributed by atoms with Gasteiger partial charge in [0.1, 0.15) is 30.5 Å². The molecule has 1 saturated carbocycles. The fourth-order valence-corrected chi connectivity index (χ4v) is 15.2. The first-order chi connectivity index (χ1) is 50.1. The number of likely N-dealkylation sites (tertiary alicyclic amines) is 2. The van der Waals surface area contributed by atoms with Gasteiger partial charge in [-0.15, -0.1) is 11.8 Å². The van der Waals surface area contributed by atoms with E-state index in [4.69, 9.17) is 24.7 Å². The summed E-state index contributed by atoms with van der Waals surface area (Å²) in [6.07, 6.45) is 1.06. The van der Waals surface area contributed by atoms with Gasteiger partial charge < -0.3 is 76.8 Å². The molecule has 0 radical (unpaired) electrons. The van der Waals surface area contributed by atoms with Crippen LogP contribution >= 0.6 is 11.8 Å². The third-order valence-corrected chi connectivity index (χ3v) is 21.7. The standard InChI is InChI=1S/C75H116N12O18S/c1-16-46(8)65(85(12)72(99)63(44(4)5)83-70(97)64(45(6)7)84(10)11)56(103-14)36-59(90)87-40-51(35-54(87)66(104-15)47(9)67(94)78-39-55(88)49-22-20-23-52(34-49)102-13)80-74(101)105-41-48-26-28-50(29-27-48)79-68(95)53(24-21-32-77-73(76)100)81-69(96)62(43(2)3)82-58(89)25-18-17-19-33-86-60(91)37-57(71(86)98)106-42-75(30-31-75)38-61(92)93/h20,22-23,26-29,34,43-47,51,53-54,56-57,62-66H,16-19,21,24-25,30-33,35-42H2,1-15H3,(H,78,94)(H,79,95)(H,80,101)(H,81,96)(H,82,89)(H,83,97)(H,92,93)(H3,76,77,100)/t46-,47+,51-,53-,54-,56+,57?,62-,63-,64-,65-,66+/m0/s1. The smallest absolute Gasteiger partial charge is 0.407 e. The van der Waals surface area contributed by atoms with Crippen molar-refractivity contribution in [1.29, 1.82) is 0 Å². The van der Waals surface area contributed by atoms with Crippen molar-refractivity contribution in [3.8, 4) is 5.75 Å². The molecule has 12 atom stereocenters. The van der Waals surface area contributed by atoms with Crippen molar-refractivity contribution < 1.29 is 86.4 Å². The summed E-state index contributed by atoms with van der Waals surface area (Å²) >= 11 is 1.34. The Bertz CT molecular complexity index is 3350. The number of methoxy groups -OCH3 is 3. The van der Waals surface area contributed by atoms with Crippen LogP contribution in [0.4, 0.5) is 15.3 Å². The largest absolute Gasteiger partial charge is 0.497 e. The van der Waals surface area contributed by atoms with Crippen LogP contribution in [0.15, 0.2) is 48.5 Å². The maximum Gasteiger partial charge on any atom is 0.407 e. The molecule has 5 rings (SSSR count). The van der Waals surface area contributed by atoms with E-state index in [1.165, 1.54) is 42.9 Å². The number of carboxylic acids is 1. The summed E-state index contributed by atoms with van der Waals surface area (Å²) in [5, 5.41) is 28.1. The van der Waals surface area contributed by atoms with Crippen LogP contribution in [0, 0.1) is 35.0 Å². The van der Waals surface area contributed by atoms with Crippen LogP contribution in [0.2, 0.25) is 0 Å². The van der Waals surface area contributed by atoms with E-state index in [0.29, 0.717) is 54.0 Å². The fourth-order valence-electron chi connectivity index (χ4n) is 13.8. The lowest BCUT2D eigenvalue weighted by Gasteiger charge is -2.41. The molecule has 590 valence electrons. The van der Waals surface area contributed by atoms with Crippen LogP contribution in [0.3, 0.4) is 0 Å². The fraction of sp³-hybridized carbons (Fsp3) is 0.667. The highest BCUT2D eigenvalue weighted by Crippen LogP contribution is 2.52. The highest BCUT2D eigenvalue weighted by atomic mass is 32.2. The highest BCUT2D eigenvalue weighted by molar-refractivity contribution is 8.00. The van der Waals surface area contributed by atoms with Gasteiger partial charge in [0, 0.05) is 70.7 Å². The molecule has 31 heteroatoms. The van der Waals surface area contributed by atoms with Gasteiger partial charge >= 0.3 is 18.1 Å². The molecule has 3 aliphatic rings. The SMILES string of the molecule is CC[C@H](C)[C@@H]([C@@H](CC(=O)N1C[C@@H](NC(=O)OCc2ccc(NC(=O)[C@H](CCCNC(N)=O)NC(=O)[C@@H](NC(=O)CCCCCN3C(=O)CC(SCC4(CC(=O)O)CC4)C3=O)C(C)C)cc2)C[C@H]1[C@H](OC)[C@@H](C)C(=O)NCC(=O)c1cccc(OC)c1)OC)N(C)C(=O)[C@@H](NC(=O)[C@H](C(C)C)N(C)C)C(C)C. The van der Waals surface area contributed by atoms with Gasteiger partial charge in [0.15, 0.2) is 5.78 Å². The van der Waals surface area contributed by atoms with E-state index in [9.17, 15) is 62.6 Å². The number of imide groups is 1. The number of alkyl carbamates (subject to hydrolysis) is 1. The van der Waals surface area contributed by atoms with Gasteiger partial charge in [0.25, 0.3) is 0 Å². The van der Waals surface area contributed by atoms with Crippen molar-refractivity contribution in [1.82, 2.24) is 51.5 Å². The van der Waals surface area contributed by atoms with Crippen LogP contribution in [0.1, 0.15) is 162 Å². The zero-order valence-electron chi connectivity index (χ0n) is 64.4. The molecule has 2 aromatic carbocycles. The van der Waals surface area contributed by atoms with Gasteiger partial charge in [0.05, 0.1) is 74.0 Å². The maximum atomic E-state index is 15.1. The van der Waals surface area contributed by atoms with Gasteiger partial charge in [-0.3, -0.25) is 62.5 Å². The molecule has 0 spiro atoms. The number of benzene rings is 2. The Morgan fingerprint density at radius 3 is 2.04 bits per heavy atom. The molecule has 2 aliphatic heterocycles. The molecule has 1 unspecified atom stereocenters. The summed E-state index contributed by atoms with van der Waals surface area (Å²) in [6.45, 7) is 16.2. The number of thioether (sulfide) groups is 1. The van der Waals surface area contributed by atoms with Gasteiger partial charge in [-0.25, -0.2) is 9.59 Å². The van der Waals surface area contributed by atoms with Crippen molar-refractivity contribution in [2.45, 2.75) is 212 Å². The predicted molar refractivity (Wildman–Crippen MR) is 399 cm³/mol. The average Bonchev–Trinajstić information content (AvgIpc) is 1.62. The van der Waals surface area contributed by atoms with Crippen LogP contribution in [-0.4, -0.2) is 236 Å². The Morgan fingerprint density at radius 2 is 1.45 bits per heavy atom. The van der Waals surface area contributed by atoms with E-state index in [-0.39, 0.29) is 130 Å². The number of nitrogens with two attached hydrogens (primary N) is 1. The number of hydrogen-bond acceptors (Lipinski definition) is 19. The second-order valence-corrected chi connectivity index (χ2v) is 30.7. The number of amides is 12. The number of anilines is 1. The molecular weight excluding hydrogens is 1390 g/mol. The molecular formula is C75H116N12O18S.